The minimum atomic E-state index is -5.25. The smallest absolute Gasteiger partial charge is 0.445 e. The highest BCUT2D eigenvalue weighted by Gasteiger charge is 2.40. The molecule has 82 valence electrons. The molecule has 0 aromatic heterocycles. The van der Waals surface area contributed by atoms with Crippen LogP contribution in [0.15, 0.2) is 18.2 Å². The SMILES string of the molecule is CC1(c2ccc(F)c([B-](F)(F)F)c2)CC1. The van der Waals surface area contributed by atoms with Gasteiger partial charge in [0.15, 0.2) is 0 Å². The van der Waals surface area contributed by atoms with E-state index in [4.69, 9.17) is 0 Å². The lowest BCUT2D eigenvalue weighted by Gasteiger charge is -2.19. The zero-order chi connectivity index (χ0) is 11.3. The molecule has 1 aliphatic rings. The van der Waals surface area contributed by atoms with Crippen LogP contribution in [0.5, 0.6) is 0 Å². The predicted molar refractivity (Wildman–Crippen MR) is 51.7 cm³/mol. The average Bonchev–Trinajstić information content (AvgIpc) is 2.83. The second-order valence-electron chi connectivity index (χ2n) is 4.37. The molecule has 0 atom stereocenters. The monoisotopic (exact) mass is 217 g/mol. The molecule has 0 spiro atoms. The quantitative estimate of drug-likeness (QED) is 0.527. The zero-order valence-corrected chi connectivity index (χ0v) is 8.24. The van der Waals surface area contributed by atoms with Crippen molar-refractivity contribution in [3.05, 3.63) is 29.6 Å². The number of rotatable bonds is 2. The Kier molecular flexibility index (Phi) is 2.10. The Hall–Kier alpha value is -0.995. The van der Waals surface area contributed by atoms with Gasteiger partial charge in [0.1, 0.15) is 0 Å². The summed E-state index contributed by atoms with van der Waals surface area (Å²) in [6.07, 6.45) is 1.76. The Morgan fingerprint density at radius 1 is 1.20 bits per heavy atom. The minimum Gasteiger partial charge on any atom is -0.445 e. The van der Waals surface area contributed by atoms with Crippen molar-refractivity contribution in [2.45, 2.75) is 25.2 Å². The number of hydrogen-bond donors (Lipinski definition) is 0. The molecule has 0 amide bonds. The van der Waals surface area contributed by atoms with E-state index in [9.17, 15) is 17.3 Å². The van der Waals surface area contributed by atoms with Crippen LogP contribution in [0.4, 0.5) is 17.3 Å². The summed E-state index contributed by atoms with van der Waals surface area (Å²) in [5, 5.41) is 0. The topological polar surface area (TPSA) is 0 Å². The molecule has 15 heavy (non-hydrogen) atoms. The lowest BCUT2D eigenvalue weighted by molar-refractivity contribution is 0.494. The molecule has 0 saturated heterocycles. The van der Waals surface area contributed by atoms with E-state index < -0.39 is 18.3 Å². The zero-order valence-electron chi connectivity index (χ0n) is 8.24. The van der Waals surface area contributed by atoms with Gasteiger partial charge in [-0.15, -0.1) is 0 Å². The summed E-state index contributed by atoms with van der Waals surface area (Å²) in [5.41, 5.74) is -0.664. The molecule has 0 aliphatic heterocycles. The summed E-state index contributed by atoms with van der Waals surface area (Å²) in [6.45, 7) is -3.35. The maximum absolute atomic E-state index is 13.0. The van der Waals surface area contributed by atoms with Crippen molar-refractivity contribution in [3.63, 3.8) is 0 Å². The first-order chi connectivity index (χ1) is 6.83. The van der Waals surface area contributed by atoms with Crippen LogP contribution in [0.25, 0.3) is 0 Å². The molecule has 0 bridgehead atoms. The molecule has 0 nitrogen and oxygen atoms in total. The first-order valence-corrected chi connectivity index (χ1v) is 4.83. The van der Waals surface area contributed by atoms with Gasteiger partial charge in [0.25, 0.3) is 0 Å². The van der Waals surface area contributed by atoms with Gasteiger partial charge >= 0.3 is 6.98 Å². The molecule has 5 heteroatoms. The van der Waals surface area contributed by atoms with E-state index in [-0.39, 0.29) is 5.41 Å². The van der Waals surface area contributed by atoms with Gasteiger partial charge in [-0.25, -0.2) is 4.39 Å². The summed E-state index contributed by atoms with van der Waals surface area (Å²) in [7, 11) is 0. The van der Waals surface area contributed by atoms with Crippen LogP contribution in [0, 0.1) is 5.82 Å². The van der Waals surface area contributed by atoms with Gasteiger partial charge in [-0.3, -0.25) is 0 Å². The molecular weight excluding hydrogens is 207 g/mol. The Balaban J connectivity index is 2.46. The number of benzene rings is 1. The van der Waals surface area contributed by atoms with Crippen molar-refractivity contribution in [2.24, 2.45) is 0 Å². The molecule has 2 rings (SSSR count). The Labute approximate surface area is 85.4 Å². The first kappa shape index (κ1) is 10.5. The van der Waals surface area contributed by atoms with Crippen LogP contribution in [0.3, 0.4) is 0 Å². The van der Waals surface area contributed by atoms with E-state index in [0.29, 0.717) is 5.56 Å². The fourth-order valence-corrected chi connectivity index (χ4v) is 1.65. The van der Waals surface area contributed by atoms with E-state index in [1.165, 1.54) is 6.07 Å². The van der Waals surface area contributed by atoms with E-state index in [1.807, 2.05) is 6.92 Å². The third-order valence-electron chi connectivity index (χ3n) is 3.05. The van der Waals surface area contributed by atoms with Gasteiger partial charge in [0.2, 0.25) is 0 Å². The van der Waals surface area contributed by atoms with Crippen molar-refractivity contribution < 1.29 is 17.3 Å². The molecule has 0 heterocycles. The summed E-state index contributed by atoms with van der Waals surface area (Å²) in [5.74, 6) is -1.17. The minimum absolute atomic E-state index is 0.163. The second kappa shape index (κ2) is 3.00. The van der Waals surface area contributed by atoms with Crippen LogP contribution in [-0.2, 0) is 5.41 Å². The summed E-state index contributed by atoms with van der Waals surface area (Å²) >= 11 is 0. The molecule has 0 radical (unpaired) electrons. The van der Waals surface area contributed by atoms with Crippen molar-refractivity contribution in [2.75, 3.05) is 0 Å². The molecular formula is C10H10BF4-. The van der Waals surface area contributed by atoms with Crippen LogP contribution in [-0.4, -0.2) is 6.98 Å². The van der Waals surface area contributed by atoms with Crippen LogP contribution in [0.2, 0.25) is 0 Å². The van der Waals surface area contributed by atoms with Crippen molar-refractivity contribution in [1.29, 1.82) is 0 Å². The van der Waals surface area contributed by atoms with E-state index in [1.54, 1.807) is 0 Å². The lowest BCUT2D eigenvalue weighted by Crippen LogP contribution is -2.37. The molecule has 1 saturated carbocycles. The lowest BCUT2D eigenvalue weighted by atomic mass is 9.77. The largest absolute Gasteiger partial charge is 0.512 e. The molecule has 1 aromatic rings. The normalized spacial score (nSPS) is 19.0. The molecule has 1 aliphatic carbocycles. The first-order valence-electron chi connectivity index (χ1n) is 4.83. The van der Waals surface area contributed by atoms with Crippen molar-refractivity contribution in [1.82, 2.24) is 0 Å². The van der Waals surface area contributed by atoms with Crippen molar-refractivity contribution in [3.8, 4) is 0 Å². The Morgan fingerprint density at radius 3 is 2.27 bits per heavy atom. The predicted octanol–water partition coefficient (Wildman–Crippen LogP) is 2.93. The number of hydrogen-bond acceptors (Lipinski definition) is 0. The molecule has 0 N–H and O–H groups in total. The third-order valence-corrected chi connectivity index (χ3v) is 3.05. The standard InChI is InChI=1S/C10H10BF4/c1-10(4-5-10)7-2-3-9(12)8(6-7)11(13,14)15/h2-3,6H,4-5H2,1H3/q-1. The Morgan fingerprint density at radius 2 is 1.80 bits per heavy atom. The van der Waals surface area contributed by atoms with Crippen LogP contribution in [0.1, 0.15) is 25.3 Å². The molecule has 1 aromatic carbocycles. The summed E-state index contributed by atoms with van der Waals surface area (Å²) < 4.78 is 50.3. The molecule has 0 unspecified atom stereocenters. The van der Waals surface area contributed by atoms with Crippen molar-refractivity contribution >= 4 is 12.4 Å². The van der Waals surface area contributed by atoms with Crippen LogP contribution < -0.4 is 5.46 Å². The summed E-state index contributed by atoms with van der Waals surface area (Å²) in [6, 6.07) is 3.33. The van der Waals surface area contributed by atoms with E-state index in [2.05, 4.69) is 0 Å². The van der Waals surface area contributed by atoms with Gasteiger partial charge < -0.3 is 12.9 Å². The fourth-order valence-electron chi connectivity index (χ4n) is 1.65. The second-order valence-corrected chi connectivity index (χ2v) is 4.37. The number of halogens is 4. The van der Waals surface area contributed by atoms with Gasteiger partial charge in [0, 0.05) is 0 Å². The maximum atomic E-state index is 13.0. The van der Waals surface area contributed by atoms with Crippen LogP contribution >= 0.6 is 0 Å². The third kappa shape index (κ3) is 1.87. The Bertz CT molecular complexity index is 393. The molecule has 1 fully saturated rings. The highest BCUT2D eigenvalue weighted by Crippen LogP contribution is 2.47. The van der Waals surface area contributed by atoms with Gasteiger partial charge in [-0.1, -0.05) is 24.5 Å². The highest BCUT2D eigenvalue weighted by molar-refractivity contribution is 6.73. The van der Waals surface area contributed by atoms with Gasteiger partial charge in [-0.05, 0) is 29.9 Å². The maximum Gasteiger partial charge on any atom is 0.512 e. The van der Waals surface area contributed by atoms with Gasteiger partial charge in [-0.2, -0.15) is 0 Å². The highest BCUT2D eigenvalue weighted by atomic mass is 19.4. The van der Waals surface area contributed by atoms with E-state index in [0.717, 1.165) is 25.0 Å². The van der Waals surface area contributed by atoms with E-state index >= 15 is 0 Å². The summed E-state index contributed by atoms with van der Waals surface area (Å²) in [4.78, 5) is 0. The average molecular weight is 217 g/mol. The fraction of sp³-hybridized carbons (Fsp3) is 0.400. The van der Waals surface area contributed by atoms with Gasteiger partial charge in [0.05, 0.1) is 5.82 Å².